The third kappa shape index (κ3) is 3.85. The van der Waals surface area contributed by atoms with Gasteiger partial charge in [-0.3, -0.25) is 14.6 Å². The monoisotopic (exact) mass is 339 g/mol. The summed E-state index contributed by atoms with van der Waals surface area (Å²) in [7, 11) is 0. The minimum atomic E-state index is -0.941. The molecule has 0 aliphatic carbocycles. The molecule has 3 rings (SSSR count). The van der Waals surface area contributed by atoms with E-state index in [1.807, 2.05) is 6.07 Å². The van der Waals surface area contributed by atoms with Gasteiger partial charge in [0.2, 0.25) is 5.91 Å². The Kier molecular flexibility index (Phi) is 4.81. The number of aliphatic hydroxyl groups is 1. The van der Waals surface area contributed by atoms with Crippen LogP contribution in [-0.2, 0) is 10.4 Å². The van der Waals surface area contributed by atoms with Crippen molar-refractivity contribution in [3.8, 4) is 0 Å². The Balaban J connectivity index is 1.69. The maximum Gasteiger partial charge on any atom is 0.253 e. The van der Waals surface area contributed by atoms with Gasteiger partial charge >= 0.3 is 0 Å². The van der Waals surface area contributed by atoms with Crippen molar-refractivity contribution in [2.75, 3.05) is 18.4 Å². The molecule has 1 aliphatic rings. The van der Waals surface area contributed by atoms with Crippen molar-refractivity contribution in [2.45, 2.75) is 25.4 Å². The van der Waals surface area contributed by atoms with Crippen molar-refractivity contribution in [3.63, 3.8) is 0 Å². The van der Waals surface area contributed by atoms with E-state index in [0.29, 0.717) is 37.2 Å². The van der Waals surface area contributed by atoms with E-state index in [2.05, 4.69) is 10.3 Å². The molecule has 2 amide bonds. The van der Waals surface area contributed by atoms with Gasteiger partial charge in [0.05, 0.1) is 5.60 Å². The highest BCUT2D eigenvalue weighted by Gasteiger charge is 2.35. The first-order valence-electron chi connectivity index (χ1n) is 8.28. The second kappa shape index (κ2) is 7.03. The van der Waals surface area contributed by atoms with Gasteiger partial charge < -0.3 is 15.3 Å². The molecule has 6 nitrogen and oxygen atoms in total. The average molecular weight is 339 g/mol. The van der Waals surface area contributed by atoms with E-state index < -0.39 is 5.60 Å². The van der Waals surface area contributed by atoms with Crippen molar-refractivity contribution in [2.24, 2.45) is 0 Å². The molecule has 0 spiro atoms. The van der Waals surface area contributed by atoms with Crippen LogP contribution < -0.4 is 5.32 Å². The number of benzene rings is 1. The van der Waals surface area contributed by atoms with E-state index in [-0.39, 0.29) is 11.8 Å². The SMILES string of the molecule is CC(=O)Nc1cccc(C(=O)N2CCC(O)(c3cccnc3)CC2)c1. The van der Waals surface area contributed by atoms with Crippen molar-refractivity contribution < 1.29 is 14.7 Å². The minimum absolute atomic E-state index is 0.0968. The lowest BCUT2D eigenvalue weighted by Crippen LogP contribution is -2.45. The van der Waals surface area contributed by atoms with Crippen LogP contribution in [0.15, 0.2) is 48.8 Å². The highest BCUT2D eigenvalue weighted by molar-refractivity contribution is 5.96. The third-order valence-electron chi connectivity index (χ3n) is 4.51. The largest absolute Gasteiger partial charge is 0.385 e. The van der Waals surface area contributed by atoms with Crippen LogP contribution in [-0.4, -0.2) is 39.9 Å². The predicted octanol–water partition coefficient (Wildman–Crippen LogP) is 2.16. The number of hydrogen-bond acceptors (Lipinski definition) is 4. The minimum Gasteiger partial charge on any atom is -0.385 e. The van der Waals surface area contributed by atoms with E-state index in [9.17, 15) is 14.7 Å². The smallest absolute Gasteiger partial charge is 0.253 e. The number of carbonyl (C=O) groups excluding carboxylic acids is 2. The number of carbonyl (C=O) groups is 2. The lowest BCUT2D eigenvalue weighted by atomic mass is 9.85. The normalized spacial score (nSPS) is 16.3. The molecule has 2 aromatic rings. The van der Waals surface area contributed by atoms with E-state index >= 15 is 0 Å². The van der Waals surface area contributed by atoms with E-state index in [4.69, 9.17) is 0 Å². The summed E-state index contributed by atoms with van der Waals surface area (Å²) in [5.41, 5.74) is 0.971. The predicted molar refractivity (Wildman–Crippen MR) is 94.0 cm³/mol. The summed E-state index contributed by atoms with van der Waals surface area (Å²) < 4.78 is 0. The van der Waals surface area contributed by atoms with Gasteiger partial charge in [0, 0.05) is 49.2 Å². The molecule has 1 saturated heterocycles. The summed E-state index contributed by atoms with van der Waals surface area (Å²) in [5, 5.41) is 13.5. The van der Waals surface area contributed by atoms with Crippen LogP contribution in [0.3, 0.4) is 0 Å². The Morgan fingerprint density at radius 1 is 1.20 bits per heavy atom. The summed E-state index contributed by atoms with van der Waals surface area (Å²) in [6.45, 7) is 2.36. The van der Waals surface area contributed by atoms with Gasteiger partial charge in [-0.2, -0.15) is 0 Å². The number of likely N-dealkylation sites (tertiary alicyclic amines) is 1. The van der Waals surface area contributed by atoms with Crippen LogP contribution in [0.4, 0.5) is 5.69 Å². The van der Waals surface area contributed by atoms with Gasteiger partial charge in [0.15, 0.2) is 0 Å². The van der Waals surface area contributed by atoms with Gasteiger partial charge in [-0.05, 0) is 37.1 Å². The lowest BCUT2D eigenvalue weighted by molar-refractivity contribution is -0.114. The Labute approximate surface area is 146 Å². The molecule has 2 heterocycles. The van der Waals surface area contributed by atoms with Gasteiger partial charge in [0.25, 0.3) is 5.91 Å². The molecule has 1 fully saturated rings. The lowest BCUT2D eigenvalue weighted by Gasteiger charge is -2.38. The molecule has 0 radical (unpaired) electrons. The van der Waals surface area contributed by atoms with E-state index in [1.165, 1.54) is 6.92 Å². The summed E-state index contributed by atoms with van der Waals surface area (Å²) in [6, 6.07) is 10.6. The van der Waals surface area contributed by atoms with Crippen LogP contribution in [0, 0.1) is 0 Å². The molecule has 0 unspecified atom stereocenters. The van der Waals surface area contributed by atoms with E-state index in [0.717, 1.165) is 5.56 Å². The van der Waals surface area contributed by atoms with Crippen molar-refractivity contribution >= 4 is 17.5 Å². The van der Waals surface area contributed by atoms with Crippen LogP contribution in [0.25, 0.3) is 0 Å². The maximum absolute atomic E-state index is 12.7. The molecule has 0 saturated carbocycles. The Hall–Kier alpha value is -2.73. The zero-order valence-corrected chi connectivity index (χ0v) is 14.1. The molecule has 0 atom stereocenters. The highest BCUT2D eigenvalue weighted by Crippen LogP contribution is 2.32. The fourth-order valence-corrected chi connectivity index (χ4v) is 3.12. The first-order valence-corrected chi connectivity index (χ1v) is 8.28. The van der Waals surface area contributed by atoms with Gasteiger partial charge in [-0.1, -0.05) is 12.1 Å². The maximum atomic E-state index is 12.7. The van der Waals surface area contributed by atoms with E-state index in [1.54, 1.807) is 47.6 Å². The van der Waals surface area contributed by atoms with Crippen LogP contribution in [0.5, 0.6) is 0 Å². The molecule has 2 N–H and O–H groups in total. The standard InChI is InChI=1S/C19H21N3O3/c1-14(23)21-17-6-2-4-15(12-17)18(24)22-10-7-19(25,8-11-22)16-5-3-9-20-13-16/h2-6,9,12-13,25H,7-8,10-11H2,1H3,(H,21,23). The van der Waals surface area contributed by atoms with Crippen LogP contribution >= 0.6 is 0 Å². The molecular weight excluding hydrogens is 318 g/mol. The summed E-state index contributed by atoms with van der Waals surface area (Å²) >= 11 is 0. The highest BCUT2D eigenvalue weighted by atomic mass is 16.3. The van der Waals surface area contributed by atoms with Gasteiger partial charge in [0.1, 0.15) is 0 Å². The third-order valence-corrected chi connectivity index (χ3v) is 4.51. The molecule has 0 bridgehead atoms. The van der Waals surface area contributed by atoms with Crippen molar-refractivity contribution in [1.29, 1.82) is 0 Å². The van der Waals surface area contributed by atoms with Crippen molar-refractivity contribution in [1.82, 2.24) is 9.88 Å². The Bertz CT molecular complexity index is 768. The second-order valence-electron chi connectivity index (χ2n) is 6.33. The molecule has 1 aromatic carbocycles. The fraction of sp³-hybridized carbons (Fsp3) is 0.316. The van der Waals surface area contributed by atoms with Gasteiger partial charge in [-0.15, -0.1) is 0 Å². The average Bonchev–Trinajstić information content (AvgIpc) is 2.62. The summed E-state index contributed by atoms with van der Waals surface area (Å²) in [4.78, 5) is 29.7. The molecular formula is C19H21N3O3. The summed E-state index contributed by atoms with van der Waals surface area (Å²) in [6.07, 6.45) is 4.29. The number of piperidine rings is 1. The van der Waals surface area contributed by atoms with Crippen LogP contribution in [0.1, 0.15) is 35.7 Å². The zero-order chi connectivity index (χ0) is 17.9. The fourth-order valence-electron chi connectivity index (χ4n) is 3.12. The first kappa shape index (κ1) is 17.1. The first-order chi connectivity index (χ1) is 12.0. The summed E-state index contributed by atoms with van der Waals surface area (Å²) in [5.74, 6) is -0.274. The topological polar surface area (TPSA) is 82.5 Å². The number of rotatable bonds is 3. The number of nitrogens with zero attached hydrogens (tertiary/aromatic N) is 2. The van der Waals surface area contributed by atoms with Crippen LogP contribution in [0.2, 0.25) is 0 Å². The Morgan fingerprint density at radius 2 is 1.96 bits per heavy atom. The zero-order valence-electron chi connectivity index (χ0n) is 14.1. The molecule has 25 heavy (non-hydrogen) atoms. The van der Waals surface area contributed by atoms with Crippen molar-refractivity contribution in [3.05, 3.63) is 59.9 Å². The molecule has 130 valence electrons. The number of pyridine rings is 1. The number of hydrogen-bond donors (Lipinski definition) is 2. The number of anilines is 1. The quantitative estimate of drug-likeness (QED) is 0.898. The van der Waals surface area contributed by atoms with Gasteiger partial charge in [-0.25, -0.2) is 0 Å². The number of nitrogens with one attached hydrogen (secondary N) is 1. The molecule has 1 aliphatic heterocycles. The number of amides is 2. The molecule has 1 aromatic heterocycles. The number of aromatic nitrogens is 1. The second-order valence-corrected chi connectivity index (χ2v) is 6.33. The molecule has 6 heteroatoms. The Morgan fingerprint density at radius 3 is 2.60 bits per heavy atom.